The van der Waals surface area contributed by atoms with E-state index >= 15 is 0 Å². The molecule has 2 aromatic carbocycles. The number of hydrogen-bond donors (Lipinski definition) is 1. The summed E-state index contributed by atoms with van der Waals surface area (Å²) in [4.78, 5) is 13.2. The Morgan fingerprint density at radius 1 is 1.03 bits per heavy atom. The summed E-state index contributed by atoms with van der Waals surface area (Å²) in [6.45, 7) is 6.78. The van der Waals surface area contributed by atoms with Gasteiger partial charge >= 0.3 is 0 Å². The van der Waals surface area contributed by atoms with Crippen LogP contribution in [0.1, 0.15) is 38.8 Å². The lowest BCUT2D eigenvalue weighted by Crippen LogP contribution is -2.53. The molecule has 0 radical (unpaired) electrons. The highest BCUT2D eigenvalue weighted by Gasteiger charge is 2.49. The minimum atomic E-state index is -1.53. The Kier molecular flexibility index (Phi) is 6.04. The average Bonchev–Trinajstić information content (AvgIpc) is 2.70. The zero-order valence-electron chi connectivity index (χ0n) is 18.1. The molecule has 1 aliphatic rings. The van der Waals surface area contributed by atoms with Crippen molar-refractivity contribution in [2.45, 2.75) is 45.3 Å². The standard InChI is InChI=1S/C24H25F3O4/c1-6-13-9-14(15-10-17(25)20(27)18(26)11-15)7-8-16(13)19-21(28)23(2,3)31-24(4,12-30-5)22(19)29/h7-11,29H,6,12H2,1-5H3. The van der Waals surface area contributed by atoms with Gasteiger partial charge in [-0.05, 0) is 61.6 Å². The molecule has 166 valence electrons. The van der Waals surface area contributed by atoms with Gasteiger partial charge < -0.3 is 14.6 Å². The van der Waals surface area contributed by atoms with Crippen molar-refractivity contribution in [1.82, 2.24) is 0 Å². The summed E-state index contributed by atoms with van der Waals surface area (Å²) >= 11 is 0. The van der Waals surface area contributed by atoms with Crippen LogP contribution in [0.5, 0.6) is 0 Å². The van der Waals surface area contributed by atoms with Gasteiger partial charge in [0.05, 0.1) is 12.2 Å². The molecule has 0 saturated carbocycles. The fourth-order valence-corrected chi connectivity index (χ4v) is 3.99. The molecule has 1 unspecified atom stereocenters. The summed E-state index contributed by atoms with van der Waals surface area (Å²) in [5.41, 5.74) is -0.521. The summed E-state index contributed by atoms with van der Waals surface area (Å²) in [6.07, 6.45) is 0.474. The van der Waals surface area contributed by atoms with E-state index in [1.54, 1.807) is 39.0 Å². The smallest absolute Gasteiger partial charge is 0.198 e. The molecule has 0 fully saturated rings. The lowest BCUT2D eigenvalue weighted by atomic mass is 9.80. The molecule has 1 N–H and O–H groups in total. The third-order valence-electron chi connectivity index (χ3n) is 5.48. The van der Waals surface area contributed by atoms with Gasteiger partial charge in [0.2, 0.25) is 0 Å². The second-order valence-corrected chi connectivity index (χ2v) is 8.31. The number of hydrogen-bond acceptors (Lipinski definition) is 4. The zero-order chi connectivity index (χ0) is 23.1. The summed E-state index contributed by atoms with van der Waals surface area (Å²) < 4.78 is 51.8. The lowest BCUT2D eigenvalue weighted by Gasteiger charge is -2.42. The minimum Gasteiger partial charge on any atom is -0.508 e. The molecule has 0 spiro atoms. The van der Waals surface area contributed by atoms with Crippen molar-refractivity contribution in [3.63, 3.8) is 0 Å². The van der Waals surface area contributed by atoms with Crippen molar-refractivity contribution in [3.05, 3.63) is 64.7 Å². The van der Waals surface area contributed by atoms with Crippen LogP contribution in [0.4, 0.5) is 13.2 Å². The molecule has 2 aromatic rings. The molecule has 0 aromatic heterocycles. The highest BCUT2D eigenvalue weighted by atomic mass is 19.2. The van der Waals surface area contributed by atoms with E-state index in [2.05, 4.69) is 0 Å². The maximum atomic E-state index is 13.7. The number of carbonyl (C=O) groups excluding carboxylic acids is 1. The van der Waals surface area contributed by atoms with Crippen LogP contribution in [0.3, 0.4) is 0 Å². The maximum Gasteiger partial charge on any atom is 0.198 e. The number of ether oxygens (including phenoxy) is 2. The van der Waals surface area contributed by atoms with Crippen molar-refractivity contribution in [1.29, 1.82) is 0 Å². The molecule has 0 bridgehead atoms. The first-order valence-corrected chi connectivity index (χ1v) is 9.91. The molecule has 7 heteroatoms. The fraction of sp³-hybridized carbons (Fsp3) is 0.375. The Labute approximate surface area is 179 Å². The number of aliphatic hydroxyl groups is 1. The number of carbonyl (C=O) groups is 1. The number of Topliss-reactive ketones (excluding diaryl/α,β-unsaturated/α-hetero) is 1. The van der Waals surface area contributed by atoms with Crippen LogP contribution in [-0.4, -0.2) is 35.8 Å². The topological polar surface area (TPSA) is 55.8 Å². The Balaban J connectivity index is 2.19. The van der Waals surface area contributed by atoms with Gasteiger partial charge in [-0.25, -0.2) is 13.2 Å². The van der Waals surface area contributed by atoms with Crippen molar-refractivity contribution in [2.75, 3.05) is 13.7 Å². The number of ketones is 1. The predicted molar refractivity (Wildman–Crippen MR) is 111 cm³/mol. The van der Waals surface area contributed by atoms with E-state index < -0.39 is 28.7 Å². The molecular formula is C24H25F3O4. The van der Waals surface area contributed by atoms with Crippen LogP contribution in [0, 0.1) is 17.5 Å². The first-order chi connectivity index (χ1) is 14.4. The molecule has 0 amide bonds. The molecular weight excluding hydrogens is 409 g/mol. The number of benzene rings is 2. The summed E-state index contributed by atoms with van der Waals surface area (Å²) in [5, 5.41) is 11.0. The Bertz CT molecular complexity index is 1050. The largest absolute Gasteiger partial charge is 0.508 e. The number of aliphatic hydroxyl groups excluding tert-OH is 1. The van der Waals surface area contributed by atoms with Crippen LogP contribution >= 0.6 is 0 Å². The van der Waals surface area contributed by atoms with E-state index in [-0.39, 0.29) is 29.3 Å². The summed E-state index contributed by atoms with van der Waals surface area (Å²) in [7, 11) is 1.47. The fourth-order valence-electron chi connectivity index (χ4n) is 3.99. The van der Waals surface area contributed by atoms with Gasteiger partial charge in [0.25, 0.3) is 0 Å². The highest BCUT2D eigenvalue weighted by Crippen LogP contribution is 2.42. The molecule has 0 saturated heterocycles. The van der Waals surface area contributed by atoms with Gasteiger partial charge in [0.15, 0.2) is 23.2 Å². The van der Waals surface area contributed by atoms with E-state index in [0.29, 0.717) is 23.1 Å². The highest BCUT2D eigenvalue weighted by molar-refractivity contribution is 6.26. The monoisotopic (exact) mass is 434 g/mol. The van der Waals surface area contributed by atoms with E-state index in [9.17, 15) is 23.1 Å². The first-order valence-electron chi connectivity index (χ1n) is 9.91. The molecule has 3 rings (SSSR count). The van der Waals surface area contributed by atoms with Crippen LogP contribution < -0.4 is 0 Å². The van der Waals surface area contributed by atoms with Crippen molar-refractivity contribution >= 4 is 11.4 Å². The zero-order valence-corrected chi connectivity index (χ0v) is 18.1. The molecule has 0 aliphatic carbocycles. The maximum absolute atomic E-state index is 13.7. The minimum absolute atomic E-state index is 0.0344. The van der Waals surface area contributed by atoms with Crippen LogP contribution in [0.2, 0.25) is 0 Å². The quantitative estimate of drug-likeness (QED) is 0.642. The van der Waals surface area contributed by atoms with Crippen molar-refractivity contribution < 1.29 is 32.5 Å². The van der Waals surface area contributed by atoms with Gasteiger partial charge in [0, 0.05) is 7.11 Å². The average molecular weight is 434 g/mol. The Morgan fingerprint density at radius 3 is 2.19 bits per heavy atom. The van der Waals surface area contributed by atoms with Gasteiger partial charge in [0.1, 0.15) is 17.0 Å². The molecule has 4 nitrogen and oxygen atoms in total. The lowest BCUT2D eigenvalue weighted by molar-refractivity contribution is -0.171. The molecule has 1 heterocycles. The van der Waals surface area contributed by atoms with Crippen LogP contribution in [0.25, 0.3) is 16.7 Å². The van der Waals surface area contributed by atoms with E-state index in [4.69, 9.17) is 9.47 Å². The third-order valence-corrected chi connectivity index (χ3v) is 5.48. The van der Waals surface area contributed by atoms with Gasteiger partial charge in [-0.15, -0.1) is 0 Å². The van der Waals surface area contributed by atoms with Crippen molar-refractivity contribution in [2.24, 2.45) is 0 Å². The first kappa shape index (κ1) is 23.0. The van der Waals surface area contributed by atoms with E-state index in [1.165, 1.54) is 7.11 Å². The normalized spacial score (nSPS) is 21.0. The number of aryl methyl sites for hydroxylation is 1. The van der Waals surface area contributed by atoms with Gasteiger partial charge in [-0.3, -0.25) is 4.79 Å². The van der Waals surface area contributed by atoms with Gasteiger partial charge in [-0.2, -0.15) is 0 Å². The third kappa shape index (κ3) is 4.00. The van der Waals surface area contributed by atoms with E-state index in [0.717, 1.165) is 12.1 Å². The predicted octanol–water partition coefficient (Wildman–Crippen LogP) is 5.39. The number of rotatable bonds is 5. The Hall–Kier alpha value is -2.64. The molecule has 31 heavy (non-hydrogen) atoms. The second-order valence-electron chi connectivity index (χ2n) is 8.31. The number of methoxy groups -OCH3 is 1. The van der Waals surface area contributed by atoms with Crippen LogP contribution in [-0.2, 0) is 20.7 Å². The summed E-state index contributed by atoms with van der Waals surface area (Å²) in [6, 6.07) is 6.70. The second kappa shape index (κ2) is 8.13. The molecule has 1 aliphatic heterocycles. The van der Waals surface area contributed by atoms with E-state index in [1.807, 2.05) is 6.92 Å². The van der Waals surface area contributed by atoms with Gasteiger partial charge in [-0.1, -0.05) is 25.1 Å². The molecule has 1 atom stereocenters. The summed E-state index contributed by atoms with van der Waals surface area (Å²) in [5.74, 6) is -4.72. The van der Waals surface area contributed by atoms with Crippen molar-refractivity contribution in [3.8, 4) is 11.1 Å². The number of halogens is 3. The van der Waals surface area contributed by atoms with Crippen LogP contribution in [0.15, 0.2) is 36.1 Å². The Morgan fingerprint density at radius 2 is 1.65 bits per heavy atom. The SMILES string of the molecule is CCc1cc(-c2cc(F)c(F)c(F)c2)ccc1C1=C(O)C(C)(COC)OC(C)(C)C1=O.